The van der Waals surface area contributed by atoms with Gasteiger partial charge >= 0.3 is 0 Å². The fourth-order valence-corrected chi connectivity index (χ4v) is 1.53. The Balaban J connectivity index is 4.03. The third kappa shape index (κ3) is 4.90. The lowest BCUT2D eigenvalue weighted by molar-refractivity contribution is 0.188. The second kappa shape index (κ2) is 5.99. The van der Waals surface area contributed by atoms with Gasteiger partial charge in [-0.05, 0) is 24.2 Å². The van der Waals surface area contributed by atoms with Crippen molar-refractivity contribution in [3.63, 3.8) is 0 Å². The summed E-state index contributed by atoms with van der Waals surface area (Å²) in [6.45, 7) is 7.10. The van der Waals surface area contributed by atoms with Gasteiger partial charge in [-0.2, -0.15) is 5.26 Å². The molecule has 1 radical (unpaired) electrons. The first-order chi connectivity index (χ1) is 6.08. The Kier molecular flexibility index (Phi) is 5.73. The van der Waals surface area contributed by atoms with Gasteiger partial charge in [-0.15, -0.1) is 0 Å². The van der Waals surface area contributed by atoms with E-state index in [1.165, 1.54) is 5.92 Å². The van der Waals surface area contributed by atoms with Crippen LogP contribution in [-0.2, 0) is 4.74 Å². The standard InChI is InChI=1S/C11H20NO/c1-5-11(3,6-7-12)8-10(2)9-13-4/h5-6,8-9H2,1-4H3. The summed E-state index contributed by atoms with van der Waals surface area (Å²) in [6, 6.07) is 2.25. The van der Waals surface area contributed by atoms with Gasteiger partial charge in [-0.25, -0.2) is 0 Å². The maximum Gasteiger partial charge on any atom is 0.0627 e. The summed E-state index contributed by atoms with van der Waals surface area (Å²) in [5.41, 5.74) is 0.136. The van der Waals surface area contributed by atoms with Crippen LogP contribution < -0.4 is 0 Å². The molecular formula is C11H20NO. The fourth-order valence-electron chi connectivity index (χ4n) is 1.53. The number of rotatable bonds is 6. The Morgan fingerprint density at radius 3 is 2.54 bits per heavy atom. The minimum Gasteiger partial charge on any atom is -0.384 e. The summed E-state index contributed by atoms with van der Waals surface area (Å²) in [5, 5.41) is 8.69. The monoisotopic (exact) mass is 182 g/mol. The summed E-state index contributed by atoms with van der Waals surface area (Å²) >= 11 is 0. The van der Waals surface area contributed by atoms with Crippen LogP contribution in [0.1, 0.15) is 40.0 Å². The predicted molar refractivity (Wildman–Crippen MR) is 54.0 cm³/mol. The Labute approximate surface area is 81.9 Å². The smallest absolute Gasteiger partial charge is 0.0627 e. The van der Waals surface area contributed by atoms with Gasteiger partial charge in [0.1, 0.15) is 0 Å². The van der Waals surface area contributed by atoms with Gasteiger partial charge < -0.3 is 4.74 Å². The zero-order valence-corrected chi connectivity index (χ0v) is 9.18. The largest absolute Gasteiger partial charge is 0.384 e. The highest BCUT2D eigenvalue weighted by atomic mass is 16.5. The number of nitriles is 1. The van der Waals surface area contributed by atoms with Gasteiger partial charge in [-0.3, -0.25) is 0 Å². The van der Waals surface area contributed by atoms with Crippen molar-refractivity contribution in [3.8, 4) is 6.07 Å². The number of ether oxygens (including phenoxy) is 1. The number of methoxy groups -OCH3 is 1. The second-order valence-electron chi connectivity index (χ2n) is 4.07. The highest BCUT2D eigenvalue weighted by Gasteiger charge is 2.24. The molecular weight excluding hydrogens is 162 g/mol. The van der Waals surface area contributed by atoms with Crippen LogP contribution >= 0.6 is 0 Å². The molecule has 2 heteroatoms. The Morgan fingerprint density at radius 2 is 2.15 bits per heavy atom. The first-order valence-electron chi connectivity index (χ1n) is 4.75. The van der Waals surface area contributed by atoms with E-state index in [1.807, 2.05) is 0 Å². The van der Waals surface area contributed by atoms with Crippen LogP contribution in [0.15, 0.2) is 0 Å². The summed E-state index contributed by atoms with van der Waals surface area (Å²) < 4.78 is 5.05. The molecule has 0 saturated carbocycles. The minimum atomic E-state index is 0.136. The lowest BCUT2D eigenvalue weighted by atomic mass is 9.77. The van der Waals surface area contributed by atoms with Crippen LogP contribution in [-0.4, -0.2) is 13.7 Å². The van der Waals surface area contributed by atoms with Crippen molar-refractivity contribution in [3.05, 3.63) is 5.92 Å². The van der Waals surface area contributed by atoms with Crippen LogP contribution in [0, 0.1) is 22.7 Å². The summed E-state index contributed by atoms with van der Waals surface area (Å²) in [5.74, 6) is 1.32. The first kappa shape index (κ1) is 12.4. The highest BCUT2D eigenvalue weighted by Crippen LogP contribution is 2.33. The maximum atomic E-state index is 8.69. The molecule has 0 spiro atoms. The van der Waals surface area contributed by atoms with E-state index in [2.05, 4.69) is 26.8 Å². The zero-order chi connectivity index (χ0) is 10.3. The molecule has 0 rings (SSSR count). The van der Waals surface area contributed by atoms with Gasteiger partial charge in [-0.1, -0.05) is 20.8 Å². The molecule has 13 heavy (non-hydrogen) atoms. The molecule has 0 aromatic heterocycles. The van der Waals surface area contributed by atoms with E-state index < -0.39 is 0 Å². The third-order valence-electron chi connectivity index (χ3n) is 2.48. The van der Waals surface area contributed by atoms with E-state index in [4.69, 9.17) is 10.00 Å². The molecule has 75 valence electrons. The molecule has 0 aromatic carbocycles. The molecule has 0 saturated heterocycles. The van der Waals surface area contributed by atoms with Crippen LogP contribution in [0.5, 0.6) is 0 Å². The van der Waals surface area contributed by atoms with E-state index >= 15 is 0 Å². The van der Waals surface area contributed by atoms with Gasteiger partial charge in [0, 0.05) is 13.5 Å². The van der Waals surface area contributed by atoms with Crippen molar-refractivity contribution < 1.29 is 4.74 Å². The third-order valence-corrected chi connectivity index (χ3v) is 2.48. The van der Waals surface area contributed by atoms with Crippen molar-refractivity contribution in [2.75, 3.05) is 13.7 Å². The molecule has 0 heterocycles. The van der Waals surface area contributed by atoms with E-state index in [0.717, 1.165) is 12.8 Å². The molecule has 0 bridgehead atoms. The Hall–Kier alpha value is -0.550. The normalized spacial score (nSPS) is 15.4. The summed E-state index contributed by atoms with van der Waals surface area (Å²) in [7, 11) is 1.71. The van der Waals surface area contributed by atoms with Gasteiger partial charge in [0.2, 0.25) is 0 Å². The van der Waals surface area contributed by atoms with Crippen molar-refractivity contribution in [1.29, 1.82) is 5.26 Å². The number of nitrogens with zero attached hydrogens (tertiary/aromatic N) is 1. The second-order valence-corrected chi connectivity index (χ2v) is 4.07. The molecule has 1 unspecified atom stereocenters. The van der Waals surface area contributed by atoms with Crippen LogP contribution in [0.3, 0.4) is 0 Å². The average Bonchev–Trinajstić information content (AvgIpc) is 2.05. The molecule has 1 atom stereocenters. The van der Waals surface area contributed by atoms with Crippen molar-refractivity contribution >= 4 is 0 Å². The molecule has 0 N–H and O–H groups in total. The summed E-state index contributed by atoms with van der Waals surface area (Å²) in [6.07, 6.45) is 2.66. The number of hydrogen-bond acceptors (Lipinski definition) is 2. The minimum absolute atomic E-state index is 0.136. The first-order valence-corrected chi connectivity index (χ1v) is 4.75. The Bertz CT molecular complexity index is 173. The molecule has 0 fully saturated rings. The van der Waals surface area contributed by atoms with Crippen molar-refractivity contribution in [1.82, 2.24) is 0 Å². The molecule has 0 amide bonds. The average molecular weight is 182 g/mol. The lowest BCUT2D eigenvalue weighted by Gasteiger charge is -2.28. The predicted octanol–water partition coefficient (Wildman–Crippen LogP) is 2.95. The van der Waals surface area contributed by atoms with Crippen molar-refractivity contribution in [2.45, 2.75) is 40.0 Å². The lowest BCUT2D eigenvalue weighted by Crippen LogP contribution is -2.19. The SMILES string of the molecule is CCC(C)(CC#N)C[C](C)COC. The molecule has 0 aromatic rings. The number of hydrogen-bond donors (Lipinski definition) is 0. The highest BCUT2D eigenvalue weighted by molar-refractivity contribution is 4.95. The molecule has 0 aliphatic carbocycles. The molecule has 2 nitrogen and oxygen atoms in total. The fraction of sp³-hybridized carbons (Fsp3) is 0.818. The Morgan fingerprint density at radius 1 is 1.54 bits per heavy atom. The van der Waals surface area contributed by atoms with E-state index in [9.17, 15) is 0 Å². The van der Waals surface area contributed by atoms with Crippen LogP contribution in [0.4, 0.5) is 0 Å². The summed E-state index contributed by atoms with van der Waals surface area (Å²) in [4.78, 5) is 0. The quantitative estimate of drug-likeness (QED) is 0.632. The van der Waals surface area contributed by atoms with E-state index in [1.54, 1.807) is 7.11 Å². The zero-order valence-electron chi connectivity index (χ0n) is 9.18. The van der Waals surface area contributed by atoms with E-state index in [-0.39, 0.29) is 5.41 Å². The van der Waals surface area contributed by atoms with Crippen LogP contribution in [0.2, 0.25) is 0 Å². The topological polar surface area (TPSA) is 33.0 Å². The van der Waals surface area contributed by atoms with Crippen LogP contribution in [0.25, 0.3) is 0 Å². The van der Waals surface area contributed by atoms with E-state index in [0.29, 0.717) is 13.0 Å². The molecule has 0 aliphatic rings. The van der Waals surface area contributed by atoms with Gasteiger partial charge in [0.25, 0.3) is 0 Å². The maximum absolute atomic E-state index is 8.69. The van der Waals surface area contributed by atoms with Gasteiger partial charge in [0.05, 0.1) is 12.7 Å². The van der Waals surface area contributed by atoms with Gasteiger partial charge in [0.15, 0.2) is 0 Å². The molecule has 0 aliphatic heterocycles. The van der Waals surface area contributed by atoms with Crippen molar-refractivity contribution in [2.24, 2.45) is 5.41 Å².